The molecule has 8 nitrogen and oxygen atoms in total. The average molecular weight is 411 g/mol. The fourth-order valence-corrected chi connectivity index (χ4v) is 3.88. The lowest BCUT2D eigenvalue weighted by Crippen LogP contribution is -2.49. The Bertz CT molecular complexity index is 939. The van der Waals surface area contributed by atoms with Gasteiger partial charge in [-0.1, -0.05) is 0 Å². The second kappa shape index (κ2) is 8.97. The van der Waals surface area contributed by atoms with Crippen LogP contribution >= 0.6 is 11.3 Å². The van der Waals surface area contributed by atoms with Gasteiger partial charge in [-0.25, -0.2) is 15.0 Å². The molecule has 2 aromatic heterocycles. The molecule has 1 fully saturated rings. The van der Waals surface area contributed by atoms with Gasteiger partial charge in [0.25, 0.3) is 0 Å². The molecule has 0 saturated carbocycles. The molecule has 9 heteroatoms. The molecular weight excluding hydrogens is 388 g/mol. The van der Waals surface area contributed by atoms with E-state index in [2.05, 4.69) is 30.1 Å². The monoisotopic (exact) mass is 410 g/mol. The van der Waals surface area contributed by atoms with Gasteiger partial charge >= 0.3 is 0 Å². The summed E-state index contributed by atoms with van der Waals surface area (Å²) in [7, 11) is 1.64. The van der Waals surface area contributed by atoms with Crippen molar-refractivity contribution in [2.45, 2.75) is 0 Å². The highest BCUT2D eigenvalue weighted by Gasteiger charge is 2.20. The number of benzene rings is 1. The highest BCUT2D eigenvalue weighted by Crippen LogP contribution is 2.26. The van der Waals surface area contributed by atoms with E-state index in [0.29, 0.717) is 11.7 Å². The lowest BCUT2D eigenvalue weighted by molar-refractivity contribution is -0.117. The van der Waals surface area contributed by atoms with Crippen molar-refractivity contribution in [3.8, 4) is 17.0 Å². The molecule has 0 spiro atoms. The van der Waals surface area contributed by atoms with Gasteiger partial charge in [-0.3, -0.25) is 9.69 Å². The number of piperazine rings is 1. The maximum atomic E-state index is 12.4. The standard InChI is InChI=1S/C20H22N6O2S/c1-28-16-5-3-15(4-6-16)17-14-29-20(23-17)24-18(27)13-25-9-11-26(12-10-25)19-21-7-2-8-22-19/h2-8,14H,9-13H2,1H3,(H,23,24,27). The van der Waals surface area contributed by atoms with E-state index in [1.54, 1.807) is 19.5 Å². The minimum Gasteiger partial charge on any atom is -0.497 e. The first-order chi connectivity index (χ1) is 14.2. The van der Waals surface area contributed by atoms with E-state index in [1.165, 1.54) is 11.3 Å². The van der Waals surface area contributed by atoms with Crippen molar-refractivity contribution in [3.63, 3.8) is 0 Å². The minimum atomic E-state index is -0.0509. The highest BCUT2D eigenvalue weighted by atomic mass is 32.1. The first-order valence-corrected chi connectivity index (χ1v) is 10.2. The average Bonchev–Trinajstić information content (AvgIpc) is 3.23. The van der Waals surface area contributed by atoms with Gasteiger partial charge in [0, 0.05) is 49.5 Å². The second-order valence-electron chi connectivity index (χ2n) is 6.63. The van der Waals surface area contributed by atoms with Gasteiger partial charge in [-0.2, -0.15) is 0 Å². The van der Waals surface area contributed by atoms with Crippen molar-refractivity contribution < 1.29 is 9.53 Å². The van der Waals surface area contributed by atoms with E-state index >= 15 is 0 Å². The van der Waals surface area contributed by atoms with Gasteiger partial charge in [0.15, 0.2) is 5.13 Å². The van der Waals surface area contributed by atoms with Gasteiger partial charge in [0.2, 0.25) is 11.9 Å². The Morgan fingerprint density at radius 1 is 1.14 bits per heavy atom. The van der Waals surface area contributed by atoms with Crippen molar-refractivity contribution in [3.05, 3.63) is 48.1 Å². The normalized spacial score (nSPS) is 14.6. The van der Waals surface area contributed by atoms with Crippen LogP contribution in [-0.4, -0.2) is 65.6 Å². The molecule has 0 bridgehead atoms. The number of amides is 1. The number of ether oxygens (including phenoxy) is 1. The zero-order chi connectivity index (χ0) is 20.1. The van der Waals surface area contributed by atoms with Gasteiger partial charge in [-0.05, 0) is 30.3 Å². The summed E-state index contributed by atoms with van der Waals surface area (Å²) in [5.41, 5.74) is 1.83. The third-order valence-corrected chi connectivity index (χ3v) is 5.47. The predicted octanol–water partition coefficient (Wildman–Crippen LogP) is 2.37. The molecule has 1 N–H and O–H groups in total. The number of thiazole rings is 1. The summed E-state index contributed by atoms with van der Waals surface area (Å²) in [4.78, 5) is 29.8. The number of hydrogen-bond acceptors (Lipinski definition) is 8. The van der Waals surface area contributed by atoms with Crippen LogP contribution in [0, 0.1) is 0 Å². The van der Waals surface area contributed by atoms with Crippen LogP contribution in [0.1, 0.15) is 0 Å². The first-order valence-electron chi connectivity index (χ1n) is 9.35. The SMILES string of the molecule is COc1ccc(-c2csc(NC(=O)CN3CCN(c4ncccn4)CC3)n2)cc1. The molecule has 29 heavy (non-hydrogen) atoms. The van der Waals surface area contributed by atoms with Crippen LogP contribution in [0.2, 0.25) is 0 Å². The van der Waals surface area contributed by atoms with Crippen molar-refractivity contribution in [1.82, 2.24) is 19.9 Å². The van der Waals surface area contributed by atoms with Gasteiger partial charge in [0.05, 0.1) is 19.3 Å². The third kappa shape index (κ3) is 4.87. The first kappa shape index (κ1) is 19.3. The number of carbonyl (C=O) groups excluding carboxylic acids is 1. The number of methoxy groups -OCH3 is 1. The molecule has 0 radical (unpaired) electrons. The maximum Gasteiger partial charge on any atom is 0.240 e. The van der Waals surface area contributed by atoms with Crippen molar-refractivity contribution in [1.29, 1.82) is 0 Å². The highest BCUT2D eigenvalue weighted by molar-refractivity contribution is 7.14. The molecule has 0 aliphatic carbocycles. The van der Waals surface area contributed by atoms with Crippen LogP contribution < -0.4 is 15.0 Å². The summed E-state index contributed by atoms with van der Waals surface area (Å²) in [6.07, 6.45) is 3.49. The number of nitrogens with one attached hydrogen (secondary N) is 1. The van der Waals surface area contributed by atoms with Crippen molar-refractivity contribution in [2.75, 3.05) is 50.1 Å². The van der Waals surface area contributed by atoms with Gasteiger partial charge in [-0.15, -0.1) is 11.3 Å². The zero-order valence-electron chi connectivity index (χ0n) is 16.1. The Morgan fingerprint density at radius 3 is 2.55 bits per heavy atom. The lowest BCUT2D eigenvalue weighted by atomic mass is 10.2. The second-order valence-corrected chi connectivity index (χ2v) is 7.48. The Labute approximate surface area is 173 Å². The van der Waals surface area contributed by atoms with E-state index in [1.807, 2.05) is 35.7 Å². The molecular formula is C20H22N6O2S. The van der Waals surface area contributed by atoms with Crippen LogP contribution in [0.15, 0.2) is 48.1 Å². The number of nitrogens with zero attached hydrogens (tertiary/aromatic N) is 5. The third-order valence-electron chi connectivity index (χ3n) is 4.71. The van der Waals surface area contributed by atoms with E-state index in [4.69, 9.17) is 4.74 Å². The lowest BCUT2D eigenvalue weighted by Gasteiger charge is -2.34. The minimum absolute atomic E-state index is 0.0509. The Kier molecular flexibility index (Phi) is 5.97. The number of anilines is 2. The quantitative estimate of drug-likeness (QED) is 0.668. The maximum absolute atomic E-state index is 12.4. The molecule has 3 heterocycles. The Balaban J connectivity index is 1.27. The number of carbonyl (C=O) groups is 1. The molecule has 3 aromatic rings. The summed E-state index contributed by atoms with van der Waals surface area (Å²) in [6, 6.07) is 9.51. The number of rotatable bonds is 6. The summed E-state index contributed by atoms with van der Waals surface area (Å²) in [5.74, 6) is 1.49. The fraction of sp³-hybridized carbons (Fsp3) is 0.300. The molecule has 1 saturated heterocycles. The van der Waals surface area contributed by atoms with Crippen molar-refractivity contribution in [2.24, 2.45) is 0 Å². The molecule has 0 atom stereocenters. The molecule has 0 unspecified atom stereocenters. The summed E-state index contributed by atoms with van der Waals surface area (Å²) in [6.45, 7) is 3.54. The van der Waals surface area contributed by atoms with Crippen LogP contribution in [0.3, 0.4) is 0 Å². The van der Waals surface area contributed by atoms with E-state index in [9.17, 15) is 4.79 Å². The van der Waals surface area contributed by atoms with Crippen LogP contribution in [0.5, 0.6) is 5.75 Å². The smallest absolute Gasteiger partial charge is 0.240 e. The fourth-order valence-electron chi connectivity index (χ4n) is 3.15. The molecule has 1 aromatic carbocycles. The Morgan fingerprint density at radius 2 is 1.86 bits per heavy atom. The summed E-state index contributed by atoms with van der Waals surface area (Å²) < 4.78 is 5.18. The van der Waals surface area contributed by atoms with Crippen LogP contribution in [0.4, 0.5) is 11.1 Å². The molecule has 1 aliphatic heterocycles. The van der Waals surface area contributed by atoms with E-state index < -0.39 is 0 Å². The molecule has 4 rings (SSSR count). The van der Waals surface area contributed by atoms with Crippen LogP contribution in [0.25, 0.3) is 11.3 Å². The van der Waals surface area contributed by atoms with Crippen molar-refractivity contribution >= 4 is 28.3 Å². The molecule has 1 aliphatic rings. The number of hydrogen-bond donors (Lipinski definition) is 1. The number of aromatic nitrogens is 3. The van der Waals surface area contributed by atoms with Crippen LogP contribution in [-0.2, 0) is 4.79 Å². The van der Waals surface area contributed by atoms with E-state index in [0.717, 1.165) is 49.1 Å². The largest absolute Gasteiger partial charge is 0.497 e. The predicted molar refractivity (Wildman–Crippen MR) is 113 cm³/mol. The van der Waals surface area contributed by atoms with Gasteiger partial charge in [0.1, 0.15) is 5.75 Å². The molecule has 150 valence electrons. The zero-order valence-corrected chi connectivity index (χ0v) is 16.9. The summed E-state index contributed by atoms with van der Waals surface area (Å²) >= 11 is 1.42. The topological polar surface area (TPSA) is 83.5 Å². The van der Waals surface area contributed by atoms with E-state index in [-0.39, 0.29) is 5.91 Å². The summed E-state index contributed by atoms with van der Waals surface area (Å²) in [5, 5.41) is 5.46. The van der Waals surface area contributed by atoms with Gasteiger partial charge < -0.3 is 15.0 Å². The Hall–Kier alpha value is -3.04. The molecule has 1 amide bonds.